The number of aromatic nitrogens is 1. The van der Waals surface area contributed by atoms with Gasteiger partial charge in [0, 0.05) is 25.3 Å². The summed E-state index contributed by atoms with van der Waals surface area (Å²) in [6.45, 7) is 8.69. The van der Waals surface area contributed by atoms with E-state index in [1.165, 1.54) is 12.8 Å². The number of nitriles is 1. The Kier molecular flexibility index (Phi) is 5.06. The molecule has 1 aromatic rings. The fraction of sp³-hybridized carbons (Fsp3) is 0.647. The van der Waals surface area contributed by atoms with Crippen LogP contribution in [-0.2, 0) is 6.54 Å². The largest absolute Gasteiger partial charge is 0.370 e. The lowest BCUT2D eigenvalue weighted by atomic mass is 10.1. The van der Waals surface area contributed by atoms with Gasteiger partial charge in [0.25, 0.3) is 5.56 Å². The molecule has 0 spiro atoms. The second-order valence-corrected chi connectivity index (χ2v) is 6.37. The Balaban J connectivity index is 2.47. The van der Waals surface area contributed by atoms with E-state index >= 15 is 0 Å². The van der Waals surface area contributed by atoms with Crippen LogP contribution in [0.2, 0.25) is 0 Å². The molecule has 0 aliphatic carbocycles. The molecule has 1 aromatic heterocycles. The summed E-state index contributed by atoms with van der Waals surface area (Å²) in [4.78, 5) is 14.8. The van der Waals surface area contributed by atoms with Gasteiger partial charge in [-0.25, -0.2) is 0 Å². The monoisotopic (exact) mass is 287 g/mol. The van der Waals surface area contributed by atoms with E-state index in [0.717, 1.165) is 37.3 Å². The first-order chi connectivity index (χ1) is 10.0. The number of nitrogens with zero attached hydrogens (tertiary/aromatic N) is 3. The maximum absolute atomic E-state index is 12.6. The van der Waals surface area contributed by atoms with Gasteiger partial charge in [-0.05, 0) is 31.7 Å². The van der Waals surface area contributed by atoms with Crippen LogP contribution in [0.4, 0.5) is 5.69 Å². The van der Waals surface area contributed by atoms with Gasteiger partial charge in [0.2, 0.25) is 0 Å². The topological polar surface area (TPSA) is 49.0 Å². The van der Waals surface area contributed by atoms with Crippen LogP contribution in [0.1, 0.15) is 50.8 Å². The van der Waals surface area contributed by atoms with Gasteiger partial charge < -0.3 is 9.47 Å². The molecule has 4 heteroatoms. The molecule has 114 valence electrons. The van der Waals surface area contributed by atoms with E-state index in [1.807, 2.05) is 13.0 Å². The Labute approximate surface area is 127 Å². The molecule has 2 heterocycles. The molecule has 0 amide bonds. The summed E-state index contributed by atoms with van der Waals surface area (Å²) in [5.41, 5.74) is 1.96. The molecule has 0 aromatic carbocycles. The van der Waals surface area contributed by atoms with E-state index in [2.05, 4.69) is 24.8 Å². The number of aryl methyl sites for hydroxylation is 1. The predicted molar refractivity (Wildman–Crippen MR) is 85.7 cm³/mol. The van der Waals surface area contributed by atoms with Gasteiger partial charge in [-0.3, -0.25) is 4.79 Å². The van der Waals surface area contributed by atoms with Gasteiger partial charge >= 0.3 is 0 Å². The van der Waals surface area contributed by atoms with E-state index in [1.54, 1.807) is 4.57 Å². The molecular weight excluding hydrogens is 262 g/mol. The second kappa shape index (κ2) is 6.80. The predicted octanol–water partition coefficient (Wildman–Crippen LogP) is 3.06. The first-order valence-corrected chi connectivity index (χ1v) is 7.94. The maximum Gasteiger partial charge on any atom is 0.270 e. The third kappa shape index (κ3) is 3.47. The highest BCUT2D eigenvalue weighted by Gasteiger charge is 2.19. The zero-order valence-corrected chi connectivity index (χ0v) is 13.4. The Hall–Kier alpha value is -1.76. The van der Waals surface area contributed by atoms with Crippen LogP contribution in [0.3, 0.4) is 0 Å². The van der Waals surface area contributed by atoms with Crippen LogP contribution in [0, 0.1) is 24.2 Å². The molecule has 4 nitrogen and oxygen atoms in total. The maximum atomic E-state index is 12.6. The average molecular weight is 287 g/mol. The van der Waals surface area contributed by atoms with Crippen molar-refractivity contribution in [1.29, 1.82) is 5.26 Å². The van der Waals surface area contributed by atoms with E-state index in [4.69, 9.17) is 0 Å². The summed E-state index contributed by atoms with van der Waals surface area (Å²) in [5, 5.41) is 9.46. The van der Waals surface area contributed by atoms with Crippen LogP contribution >= 0.6 is 0 Å². The van der Waals surface area contributed by atoms with Crippen molar-refractivity contribution in [3.8, 4) is 6.07 Å². The number of anilines is 1. The summed E-state index contributed by atoms with van der Waals surface area (Å²) in [6, 6.07) is 4.17. The molecule has 0 unspecified atom stereocenters. The van der Waals surface area contributed by atoms with E-state index in [0.29, 0.717) is 18.0 Å². The van der Waals surface area contributed by atoms with Crippen molar-refractivity contribution in [2.45, 2.75) is 53.0 Å². The first kappa shape index (κ1) is 15.6. The van der Waals surface area contributed by atoms with Crippen LogP contribution in [0.25, 0.3) is 0 Å². The van der Waals surface area contributed by atoms with Gasteiger partial charge in [0.05, 0.1) is 5.69 Å². The lowest BCUT2D eigenvalue weighted by molar-refractivity contribution is 0.501. The smallest absolute Gasteiger partial charge is 0.270 e. The van der Waals surface area contributed by atoms with Crippen molar-refractivity contribution in [3.05, 3.63) is 27.7 Å². The van der Waals surface area contributed by atoms with Crippen LogP contribution in [0.15, 0.2) is 10.9 Å². The van der Waals surface area contributed by atoms with Crippen molar-refractivity contribution in [2.24, 2.45) is 5.92 Å². The molecule has 0 atom stereocenters. The van der Waals surface area contributed by atoms with Gasteiger partial charge in [-0.2, -0.15) is 5.26 Å². The summed E-state index contributed by atoms with van der Waals surface area (Å²) in [6.07, 6.45) is 4.75. The molecule has 0 radical (unpaired) electrons. The van der Waals surface area contributed by atoms with E-state index in [9.17, 15) is 10.1 Å². The van der Waals surface area contributed by atoms with Gasteiger partial charge in [0.15, 0.2) is 0 Å². The van der Waals surface area contributed by atoms with Gasteiger partial charge in [-0.15, -0.1) is 0 Å². The summed E-state index contributed by atoms with van der Waals surface area (Å²) < 4.78 is 1.74. The summed E-state index contributed by atoms with van der Waals surface area (Å²) >= 11 is 0. The molecule has 1 fully saturated rings. The zero-order chi connectivity index (χ0) is 15.4. The highest BCUT2D eigenvalue weighted by atomic mass is 16.1. The highest BCUT2D eigenvalue weighted by Crippen LogP contribution is 2.23. The summed E-state index contributed by atoms with van der Waals surface area (Å²) in [5.74, 6) is 0.386. The number of hydrogen-bond acceptors (Lipinski definition) is 3. The van der Waals surface area contributed by atoms with E-state index in [-0.39, 0.29) is 5.56 Å². The molecule has 21 heavy (non-hydrogen) atoms. The van der Waals surface area contributed by atoms with Gasteiger partial charge in [-0.1, -0.05) is 26.7 Å². The van der Waals surface area contributed by atoms with Crippen LogP contribution in [-0.4, -0.2) is 17.7 Å². The van der Waals surface area contributed by atoms with Gasteiger partial charge in [0.1, 0.15) is 11.6 Å². The Bertz CT molecular complexity index is 587. The average Bonchev–Trinajstić information content (AvgIpc) is 2.71. The van der Waals surface area contributed by atoms with Crippen LogP contribution < -0.4 is 10.5 Å². The number of hydrogen-bond donors (Lipinski definition) is 0. The minimum absolute atomic E-state index is 0.134. The Morgan fingerprint density at radius 3 is 2.38 bits per heavy atom. The van der Waals surface area contributed by atoms with Crippen molar-refractivity contribution in [3.63, 3.8) is 0 Å². The number of rotatable bonds is 3. The standard InChI is InChI=1S/C17H25N3O/c1-13(2)12-20-14(3)10-16(15(11-18)17(20)21)19-8-6-4-5-7-9-19/h10,13H,4-9,12H2,1-3H3. The Morgan fingerprint density at radius 1 is 1.24 bits per heavy atom. The normalized spacial score (nSPS) is 15.9. The highest BCUT2D eigenvalue weighted by molar-refractivity contribution is 5.59. The third-order valence-electron chi connectivity index (χ3n) is 4.09. The number of pyridine rings is 1. The molecule has 0 saturated carbocycles. The molecule has 1 aliphatic rings. The SMILES string of the molecule is Cc1cc(N2CCCCCC2)c(C#N)c(=O)n1CC(C)C. The molecule has 1 aliphatic heterocycles. The first-order valence-electron chi connectivity index (χ1n) is 7.94. The third-order valence-corrected chi connectivity index (χ3v) is 4.09. The second-order valence-electron chi connectivity index (χ2n) is 6.37. The fourth-order valence-electron chi connectivity index (χ4n) is 3.01. The lowest BCUT2D eigenvalue weighted by Crippen LogP contribution is -2.32. The molecule has 0 N–H and O–H groups in total. The molecule has 2 rings (SSSR count). The van der Waals surface area contributed by atoms with Crippen molar-refractivity contribution in [2.75, 3.05) is 18.0 Å². The fourth-order valence-corrected chi connectivity index (χ4v) is 3.01. The van der Waals surface area contributed by atoms with Crippen LogP contribution in [0.5, 0.6) is 0 Å². The minimum atomic E-state index is -0.134. The van der Waals surface area contributed by atoms with E-state index < -0.39 is 0 Å². The Morgan fingerprint density at radius 2 is 1.86 bits per heavy atom. The van der Waals surface area contributed by atoms with Crippen molar-refractivity contribution < 1.29 is 0 Å². The summed E-state index contributed by atoms with van der Waals surface area (Å²) in [7, 11) is 0. The van der Waals surface area contributed by atoms with Crippen molar-refractivity contribution >= 4 is 5.69 Å². The molecular formula is C17H25N3O. The minimum Gasteiger partial charge on any atom is -0.370 e. The van der Waals surface area contributed by atoms with Crippen molar-refractivity contribution in [1.82, 2.24) is 4.57 Å². The zero-order valence-electron chi connectivity index (χ0n) is 13.4. The molecule has 0 bridgehead atoms. The quantitative estimate of drug-likeness (QED) is 0.858. The molecule has 1 saturated heterocycles. The lowest BCUT2D eigenvalue weighted by Gasteiger charge is -2.25.